The van der Waals surface area contributed by atoms with E-state index < -0.39 is 17.1 Å². The lowest BCUT2D eigenvalue weighted by atomic mass is 10.1. The summed E-state index contributed by atoms with van der Waals surface area (Å²) < 4.78 is 10.8. The van der Waals surface area contributed by atoms with Gasteiger partial charge < -0.3 is 9.47 Å². The topological polar surface area (TPSA) is 72.9 Å². The van der Waals surface area contributed by atoms with E-state index in [2.05, 4.69) is 0 Å². The number of esters is 1. The SMILES string of the molecule is COc1cc(/C=C2\SC(=O)N(Cc3c(Cl)cccc3Cl)C2=O)cc(Cl)c1OC(=O)c1ccc(Cl)cc1. The summed E-state index contributed by atoms with van der Waals surface area (Å²) in [6.45, 7) is -0.0653. The van der Waals surface area contributed by atoms with Crippen LogP contribution in [-0.4, -0.2) is 29.1 Å². The maximum Gasteiger partial charge on any atom is 0.343 e. The standard InChI is InChI=1S/C25H15Cl4NO5S/c1-34-20-10-13(9-19(29)22(20)35-24(32)14-5-7-15(26)8-6-14)11-21-23(31)30(25(33)36-21)12-16-17(27)3-2-4-18(16)28/h2-11H,12H2,1H3/b21-11-. The molecule has 0 spiro atoms. The number of nitrogens with zero attached hydrogens (tertiary/aromatic N) is 1. The first kappa shape index (κ1) is 26.4. The lowest BCUT2D eigenvalue weighted by Crippen LogP contribution is -2.27. The molecule has 2 amide bonds. The Balaban J connectivity index is 1.58. The Kier molecular flexibility index (Phi) is 8.17. The number of methoxy groups -OCH3 is 1. The van der Waals surface area contributed by atoms with Crippen LogP contribution in [0.5, 0.6) is 11.5 Å². The Morgan fingerprint density at radius 2 is 1.64 bits per heavy atom. The van der Waals surface area contributed by atoms with Gasteiger partial charge >= 0.3 is 5.97 Å². The lowest BCUT2D eigenvalue weighted by molar-refractivity contribution is -0.123. The van der Waals surface area contributed by atoms with Gasteiger partial charge in [0.15, 0.2) is 11.5 Å². The molecule has 0 unspecified atom stereocenters. The number of ether oxygens (including phenoxy) is 2. The Bertz CT molecular complexity index is 1390. The molecule has 0 radical (unpaired) electrons. The van der Waals surface area contributed by atoms with Crippen LogP contribution in [-0.2, 0) is 11.3 Å². The van der Waals surface area contributed by atoms with Crippen LogP contribution in [0.1, 0.15) is 21.5 Å². The van der Waals surface area contributed by atoms with Crippen molar-refractivity contribution in [2.75, 3.05) is 7.11 Å². The molecule has 0 bridgehead atoms. The molecule has 6 nitrogen and oxygen atoms in total. The van der Waals surface area contributed by atoms with Crippen molar-refractivity contribution in [1.82, 2.24) is 4.90 Å². The average molecular weight is 583 g/mol. The summed E-state index contributed by atoms with van der Waals surface area (Å²) >= 11 is 25.4. The molecule has 1 aliphatic rings. The highest BCUT2D eigenvalue weighted by Gasteiger charge is 2.36. The molecule has 0 aliphatic carbocycles. The summed E-state index contributed by atoms with van der Waals surface area (Å²) in [4.78, 5) is 39.3. The number of benzene rings is 3. The van der Waals surface area contributed by atoms with Crippen LogP contribution in [0, 0.1) is 0 Å². The molecular weight excluding hydrogens is 568 g/mol. The smallest absolute Gasteiger partial charge is 0.343 e. The second kappa shape index (κ2) is 11.2. The van der Waals surface area contributed by atoms with Crippen molar-refractivity contribution in [1.29, 1.82) is 0 Å². The molecule has 3 aromatic rings. The van der Waals surface area contributed by atoms with Gasteiger partial charge in [0.2, 0.25) is 0 Å². The molecule has 1 heterocycles. The molecule has 11 heteroatoms. The number of carbonyl (C=O) groups is 3. The van der Waals surface area contributed by atoms with E-state index in [1.807, 2.05) is 0 Å². The minimum atomic E-state index is -0.654. The van der Waals surface area contributed by atoms with Crippen molar-refractivity contribution >= 4 is 81.4 Å². The first-order valence-electron chi connectivity index (χ1n) is 10.2. The first-order chi connectivity index (χ1) is 17.2. The third-order valence-corrected chi connectivity index (χ3v) is 7.22. The molecule has 0 aromatic heterocycles. The van der Waals surface area contributed by atoms with Gasteiger partial charge in [-0.2, -0.15) is 0 Å². The van der Waals surface area contributed by atoms with Crippen LogP contribution in [0.4, 0.5) is 4.79 Å². The molecule has 0 saturated carbocycles. The van der Waals surface area contributed by atoms with E-state index in [-0.39, 0.29) is 33.5 Å². The Morgan fingerprint density at radius 1 is 0.972 bits per heavy atom. The minimum Gasteiger partial charge on any atom is -0.493 e. The molecule has 36 heavy (non-hydrogen) atoms. The van der Waals surface area contributed by atoms with Gasteiger partial charge in [0.1, 0.15) is 0 Å². The summed E-state index contributed by atoms with van der Waals surface area (Å²) in [5, 5.41) is 0.793. The van der Waals surface area contributed by atoms with Crippen molar-refractivity contribution in [2.45, 2.75) is 6.54 Å². The van der Waals surface area contributed by atoms with E-state index in [0.717, 1.165) is 16.7 Å². The normalized spacial score (nSPS) is 14.5. The van der Waals surface area contributed by atoms with Crippen LogP contribution < -0.4 is 9.47 Å². The Morgan fingerprint density at radius 3 is 2.28 bits per heavy atom. The minimum absolute atomic E-state index is 0.0118. The van der Waals surface area contributed by atoms with E-state index >= 15 is 0 Å². The van der Waals surface area contributed by atoms with Gasteiger partial charge in [-0.25, -0.2) is 4.79 Å². The zero-order valence-corrected chi connectivity index (χ0v) is 22.2. The highest BCUT2D eigenvalue weighted by atomic mass is 35.5. The zero-order valence-electron chi connectivity index (χ0n) is 18.4. The zero-order chi connectivity index (χ0) is 26.0. The largest absolute Gasteiger partial charge is 0.493 e. The molecular formula is C25H15Cl4NO5S. The number of hydrogen-bond donors (Lipinski definition) is 0. The molecule has 0 N–H and O–H groups in total. The van der Waals surface area contributed by atoms with E-state index in [9.17, 15) is 14.4 Å². The van der Waals surface area contributed by atoms with Crippen molar-refractivity contribution in [3.05, 3.63) is 96.3 Å². The van der Waals surface area contributed by atoms with Crippen LogP contribution >= 0.6 is 58.2 Å². The summed E-state index contributed by atoms with van der Waals surface area (Å²) in [7, 11) is 1.39. The summed E-state index contributed by atoms with van der Waals surface area (Å²) in [5.41, 5.74) is 1.21. The van der Waals surface area contributed by atoms with E-state index in [0.29, 0.717) is 26.2 Å². The highest BCUT2D eigenvalue weighted by molar-refractivity contribution is 8.18. The predicted molar refractivity (Wildman–Crippen MR) is 142 cm³/mol. The van der Waals surface area contributed by atoms with E-state index in [4.69, 9.17) is 55.9 Å². The second-order valence-corrected chi connectivity index (χ2v) is 10.0. The second-order valence-electron chi connectivity index (χ2n) is 7.40. The van der Waals surface area contributed by atoms with Crippen molar-refractivity contribution in [3.63, 3.8) is 0 Å². The fraction of sp³-hybridized carbons (Fsp3) is 0.0800. The van der Waals surface area contributed by atoms with Gasteiger partial charge in [0.05, 0.1) is 29.1 Å². The monoisotopic (exact) mass is 581 g/mol. The van der Waals surface area contributed by atoms with Gasteiger partial charge in [-0.05, 0) is 71.9 Å². The number of thioether (sulfide) groups is 1. The van der Waals surface area contributed by atoms with Gasteiger partial charge in [0, 0.05) is 20.6 Å². The van der Waals surface area contributed by atoms with Gasteiger partial charge in [0.25, 0.3) is 11.1 Å². The van der Waals surface area contributed by atoms with E-state index in [1.165, 1.54) is 37.5 Å². The van der Waals surface area contributed by atoms with Crippen LogP contribution in [0.25, 0.3) is 6.08 Å². The Labute approximate surface area is 230 Å². The molecule has 3 aromatic carbocycles. The third-order valence-electron chi connectivity index (χ3n) is 5.08. The quantitative estimate of drug-likeness (QED) is 0.168. The van der Waals surface area contributed by atoms with Gasteiger partial charge in [-0.3, -0.25) is 14.5 Å². The molecule has 1 aliphatic heterocycles. The number of carbonyl (C=O) groups excluding carboxylic acids is 3. The van der Waals surface area contributed by atoms with Crippen LogP contribution in [0.3, 0.4) is 0 Å². The molecule has 4 rings (SSSR count). The summed E-state index contributed by atoms with van der Waals surface area (Å²) in [6.07, 6.45) is 1.50. The number of imide groups is 1. The maximum atomic E-state index is 13.0. The van der Waals surface area contributed by atoms with E-state index in [1.54, 1.807) is 30.3 Å². The summed E-state index contributed by atoms with van der Waals surface area (Å²) in [5.74, 6) is -0.982. The third kappa shape index (κ3) is 5.66. The van der Waals surface area contributed by atoms with Crippen molar-refractivity contribution in [3.8, 4) is 11.5 Å². The van der Waals surface area contributed by atoms with Crippen LogP contribution in [0.15, 0.2) is 59.5 Å². The fourth-order valence-electron chi connectivity index (χ4n) is 3.29. The maximum absolute atomic E-state index is 13.0. The van der Waals surface area contributed by atoms with Crippen molar-refractivity contribution < 1.29 is 23.9 Å². The highest BCUT2D eigenvalue weighted by Crippen LogP contribution is 2.40. The predicted octanol–water partition coefficient (Wildman–Crippen LogP) is 7.76. The molecule has 0 atom stereocenters. The van der Waals surface area contributed by atoms with Crippen molar-refractivity contribution in [2.24, 2.45) is 0 Å². The molecule has 184 valence electrons. The lowest BCUT2D eigenvalue weighted by Gasteiger charge is -2.15. The number of halogens is 4. The molecule has 1 saturated heterocycles. The number of amides is 2. The Hall–Kier alpha value is -2.68. The summed E-state index contributed by atoms with van der Waals surface area (Å²) in [6, 6.07) is 14.1. The number of rotatable bonds is 6. The fourth-order valence-corrected chi connectivity index (χ4v) is 5.03. The molecule has 1 fully saturated rings. The number of hydrogen-bond acceptors (Lipinski definition) is 6. The van der Waals surface area contributed by atoms with Crippen LogP contribution in [0.2, 0.25) is 20.1 Å². The average Bonchev–Trinajstić information content (AvgIpc) is 3.10. The van der Waals surface area contributed by atoms with Gasteiger partial charge in [-0.1, -0.05) is 52.5 Å². The first-order valence-corrected chi connectivity index (χ1v) is 12.5. The van der Waals surface area contributed by atoms with Gasteiger partial charge in [-0.15, -0.1) is 0 Å².